The Hall–Kier alpha value is -4.56. The third kappa shape index (κ3) is 9.23. The van der Waals surface area contributed by atoms with Crippen LogP contribution < -0.4 is 20.3 Å². The molecule has 3 amide bonds. The molecule has 0 radical (unpaired) electrons. The molecule has 0 saturated heterocycles. The van der Waals surface area contributed by atoms with Gasteiger partial charge in [-0.1, -0.05) is 56.3 Å². The molecule has 3 aromatic carbocycles. The summed E-state index contributed by atoms with van der Waals surface area (Å²) < 4.78 is 42.5. The van der Waals surface area contributed by atoms with Crippen LogP contribution in [0.1, 0.15) is 43.6 Å². The van der Waals surface area contributed by atoms with E-state index in [9.17, 15) is 22.8 Å². The van der Waals surface area contributed by atoms with Crippen LogP contribution in [0.4, 0.5) is 35.0 Å². The molecule has 46 heavy (non-hydrogen) atoms. The summed E-state index contributed by atoms with van der Waals surface area (Å²) in [6.45, 7) is 8.08. The number of benzene rings is 3. The average Bonchev–Trinajstić information content (AvgIpc) is 3.46. The lowest BCUT2D eigenvalue weighted by Gasteiger charge is -2.23. The molecular weight excluding hydrogens is 643 g/mol. The highest BCUT2D eigenvalue weighted by molar-refractivity contribution is 8.14. The maximum Gasteiger partial charge on any atom is 0.573 e. The molecule has 0 aliphatic carbocycles. The van der Waals surface area contributed by atoms with Crippen molar-refractivity contribution in [1.82, 2.24) is 14.8 Å². The predicted molar refractivity (Wildman–Crippen MR) is 175 cm³/mol. The molecule has 0 spiro atoms. The lowest BCUT2D eigenvalue weighted by Crippen LogP contribution is -2.30. The second kappa shape index (κ2) is 15.1. The smallest absolute Gasteiger partial charge is 0.406 e. The number of nitrogens with zero attached hydrogens (tertiary/aromatic N) is 5. The molecule has 10 nitrogen and oxygen atoms in total. The lowest BCUT2D eigenvalue weighted by atomic mass is 9.99. The summed E-state index contributed by atoms with van der Waals surface area (Å²) in [5, 5.41) is 10.7. The van der Waals surface area contributed by atoms with Gasteiger partial charge in [0.25, 0.3) is 0 Å². The molecule has 4 aromatic rings. The van der Waals surface area contributed by atoms with Gasteiger partial charge >= 0.3 is 12.4 Å². The fraction of sp³-hybridized carbons (Fsp3) is 0.258. The molecule has 15 heteroatoms. The first-order valence-corrected chi connectivity index (χ1v) is 15.4. The van der Waals surface area contributed by atoms with Crippen LogP contribution in [0.25, 0.3) is 5.69 Å². The summed E-state index contributed by atoms with van der Waals surface area (Å²) in [6.07, 6.45) is -2.69. The first-order valence-electron chi connectivity index (χ1n) is 14.0. The summed E-state index contributed by atoms with van der Waals surface area (Å²) in [4.78, 5) is 35.0. The number of halogens is 4. The van der Waals surface area contributed by atoms with Crippen LogP contribution in [0.5, 0.6) is 5.75 Å². The standard InChI is InChI=1S/C31H31ClF3N7O3S/c1-5-46-30(41(18-43)27-14-20(4)6-12-24(27)19(2)3)39-29(44)38-21-7-13-26(25(32)15-21)36-16-28-37-17-42(40-28)22-8-10-23(11-9-22)45-31(33,34)35/h6-15,17-19,36H,5,16H2,1-4H3,(H,38,44)/b39-30-. The van der Waals surface area contributed by atoms with Gasteiger partial charge in [-0.15, -0.1) is 18.3 Å². The van der Waals surface area contributed by atoms with Gasteiger partial charge in [0.1, 0.15) is 12.1 Å². The number of ether oxygens (including phenoxy) is 1. The number of carbonyl (C=O) groups is 2. The number of aliphatic imine (C=N–C) groups is 1. The van der Waals surface area contributed by atoms with Crippen LogP contribution in [0.2, 0.25) is 5.02 Å². The zero-order valence-corrected chi connectivity index (χ0v) is 26.9. The number of thioether (sulfide) groups is 1. The number of anilines is 3. The Morgan fingerprint density at radius 3 is 2.52 bits per heavy atom. The fourth-order valence-corrected chi connectivity index (χ4v) is 5.23. The largest absolute Gasteiger partial charge is 0.573 e. The van der Waals surface area contributed by atoms with Crippen molar-refractivity contribution in [3.05, 3.63) is 89.0 Å². The molecule has 0 atom stereocenters. The van der Waals surface area contributed by atoms with Crippen LogP contribution in [-0.4, -0.2) is 44.5 Å². The highest BCUT2D eigenvalue weighted by Gasteiger charge is 2.31. The van der Waals surface area contributed by atoms with Crippen molar-refractivity contribution in [2.75, 3.05) is 21.3 Å². The minimum absolute atomic E-state index is 0.142. The van der Waals surface area contributed by atoms with Crippen molar-refractivity contribution in [3.63, 3.8) is 0 Å². The average molecular weight is 674 g/mol. The topological polar surface area (TPSA) is 114 Å². The second-order valence-electron chi connectivity index (χ2n) is 10.1. The Kier molecular flexibility index (Phi) is 11.3. The molecule has 0 fully saturated rings. The summed E-state index contributed by atoms with van der Waals surface area (Å²) in [7, 11) is 0. The van der Waals surface area contributed by atoms with Gasteiger partial charge in [0, 0.05) is 5.69 Å². The van der Waals surface area contributed by atoms with E-state index in [1.807, 2.05) is 45.9 Å². The van der Waals surface area contributed by atoms with E-state index in [2.05, 4.69) is 30.4 Å². The maximum absolute atomic E-state index is 13.0. The van der Waals surface area contributed by atoms with Crippen molar-refractivity contribution in [3.8, 4) is 11.4 Å². The number of alkyl halides is 3. The van der Waals surface area contributed by atoms with E-state index >= 15 is 0 Å². The number of hydrogen-bond donors (Lipinski definition) is 2. The Morgan fingerprint density at radius 1 is 1.15 bits per heavy atom. The monoisotopic (exact) mass is 673 g/mol. The van der Waals surface area contributed by atoms with E-state index in [0.29, 0.717) is 45.8 Å². The number of amides is 3. The van der Waals surface area contributed by atoms with Crippen LogP contribution in [0.3, 0.4) is 0 Å². The van der Waals surface area contributed by atoms with Crippen LogP contribution in [-0.2, 0) is 11.3 Å². The van der Waals surface area contributed by atoms with Crippen molar-refractivity contribution in [2.24, 2.45) is 4.99 Å². The summed E-state index contributed by atoms with van der Waals surface area (Å²) in [5.41, 5.74) is 4.02. The van der Waals surface area contributed by atoms with Crippen LogP contribution >= 0.6 is 23.4 Å². The number of amidine groups is 1. The minimum Gasteiger partial charge on any atom is -0.406 e. The molecule has 1 heterocycles. The van der Waals surface area contributed by atoms with Gasteiger partial charge in [-0.25, -0.2) is 14.5 Å². The molecule has 4 rings (SSSR count). The zero-order valence-electron chi connectivity index (χ0n) is 25.3. The van der Waals surface area contributed by atoms with Crippen molar-refractivity contribution >= 4 is 58.0 Å². The van der Waals surface area contributed by atoms with E-state index in [1.165, 1.54) is 51.9 Å². The van der Waals surface area contributed by atoms with Gasteiger partial charge < -0.3 is 15.4 Å². The molecule has 0 saturated carbocycles. The Bertz CT molecular complexity index is 1710. The number of aromatic nitrogens is 3. The first-order chi connectivity index (χ1) is 21.9. The number of aryl methyl sites for hydroxylation is 1. The molecule has 0 aliphatic heterocycles. The van der Waals surface area contributed by atoms with Gasteiger partial charge in [-0.2, -0.15) is 4.99 Å². The molecule has 0 bridgehead atoms. The zero-order chi connectivity index (χ0) is 33.4. The minimum atomic E-state index is -4.78. The Balaban J connectivity index is 1.41. The lowest BCUT2D eigenvalue weighted by molar-refractivity contribution is -0.274. The number of hydrogen-bond acceptors (Lipinski definition) is 7. The molecule has 0 aliphatic rings. The van der Waals surface area contributed by atoms with E-state index in [4.69, 9.17) is 11.6 Å². The third-order valence-electron chi connectivity index (χ3n) is 6.38. The molecular formula is C31H31ClF3N7O3S. The quantitative estimate of drug-likeness (QED) is 0.0992. The highest BCUT2D eigenvalue weighted by Crippen LogP contribution is 2.31. The molecule has 2 N–H and O–H groups in total. The molecule has 1 aromatic heterocycles. The molecule has 0 unspecified atom stereocenters. The normalized spacial score (nSPS) is 11.8. The van der Waals surface area contributed by atoms with Gasteiger partial charge in [-0.05, 0) is 78.3 Å². The van der Waals surface area contributed by atoms with Gasteiger partial charge in [0.15, 0.2) is 11.0 Å². The summed E-state index contributed by atoms with van der Waals surface area (Å²) in [6, 6.07) is 15.2. The predicted octanol–water partition coefficient (Wildman–Crippen LogP) is 8.17. The van der Waals surface area contributed by atoms with Crippen LogP contribution in [0.15, 0.2) is 72.0 Å². The van der Waals surface area contributed by atoms with E-state index in [1.54, 1.807) is 18.2 Å². The number of rotatable bonds is 10. The SMILES string of the molecule is CCS/C(=N\C(=O)Nc1ccc(NCc2ncn(-c3ccc(OC(F)(F)F)cc3)n2)c(Cl)c1)N(C=O)c1cc(C)ccc1C(C)C. The maximum atomic E-state index is 13.0. The number of urea groups is 1. The van der Waals surface area contributed by atoms with Crippen molar-refractivity contribution in [1.29, 1.82) is 0 Å². The van der Waals surface area contributed by atoms with E-state index in [-0.39, 0.29) is 23.4 Å². The number of nitrogens with one attached hydrogen (secondary N) is 2. The fourth-order valence-electron chi connectivity index (χ4n) is 4.29. The van der Waals surface area contributed by atoms with Gasteiger partial charge in [0.05, 0.1) is 28.6 Å². The van der Waals surface area contributed by atoms with Crippen molar-refractivity contribution in [2.45, 2.75) is 46.5 Å². The van der Waals surface area contributed by atoms with Gasteiger partial charge in [0.2, 0.25) is 6.41 Å². The van der Waals surface area contributed by atoms with E-state index < -0.39 is 12.4 Å². The van der Waals surface area contributed by atoms with Crippen LogP contribution in [0, 0.1) is 6.92 Å². The Labute approximate surface area is 273 Å². The van der Waals surface area contributed by atoms with Gasteiger partial charge in [-0.3, -0.25) is 9.69 Å². The molecule has 242 valence electrons. The summed E-state index contributed by atoms with van der Waals surface area (Å²) in [5.74, 6) is 0.781. The number of carbonyl (C=O) groups excluding carboxylic acids is 2. The van der Waals surface area contributed by atoms with Crippen molar-refractivity contribution < 1.29 is 27.5 Å². The summed E-state index contributed by atoms with van der Waals surface area (Å²) >= 11 is 7.73. The third-order valence-corrected chi connectivity index (χ3v) is 7.53. The highest BCUT2D eigenvalue weighted by atomic mass is 35.5. The Morgan fingerprint density at radius 2 is 1.89 bits per heavy atom. The first kappa shape index (κ1) is 34.3. The second-order valence-corrected chi connectivity index (χ2v) is 11.8. The van der Waals surface area contributed by atoms with E-state index in [0.717, 1.165) is 11.1 Å².